The van der Waals surface area contributed by atoms with Crippen molar-refractivity contribution >= 4 is 11.6 Å². The second kappa shape index (κ2) is 6.27. The van der Waals surface area contributed by atoms with Crippen LogP contribution in [0.4, 0.5) is 0 Å². The molecule has 1 nitrogen and oxygen atoms in total. The van der Waals surface area contributed by atoms with Crippen molar-refractivity contribution in [2.75, 3.05) is 0 Å². The van der Waals surface area contributed by atoms with Crippen molar-refractivity contribution in [3.8, 4) is 0 Å². The third kappa shape index (κ3) is 3.50. The molecule has 0 spiro atoms. The van der Waals surface area contributed by atoms with Gasteiger partial charge in [0.15, 0.2) is 0 Å². The van der Waals surface area contributed by atoms with Gasteiger partial charge in [-0.2, -0.15) is 0 Å². The second-order valence-electron chi connectivity index (χ2n) is 4.56. The molecule has 0 amide bonds. The van der Waals surface area contributed by atoms with E-state index in [4.69, 9.17) is 17.3 Å². The molecule has 1 atom stereocenters. The molecular weight excluding hydrogens is 218 g/mol. The van der Waals surface area contributed by atoms with Gasteiger partial charge in [-0.1, -0.05) is 43.9 Å². The molecule has 16 heavy (non-hydrogen) atoms. The molecule has 0 aliphatic heterocycles. The summed E-state index contributed by atoms with van der Waals surface area (Å²) in [7, 11) is 0. The van der Waals surface area contributed by atoms with Crippen LogP contribution < -0.4 is 5.73 Å². The largest absolute Gasteiger partial charge is 0.324 e. The Kier molecular flexibility index (Phi) is 5.30. The first-order valence-electron chi connectivity index (χ1n) is 6.08. The number of hydrogen-bond acceptors (Lipinski definition) is 1. The van der Waals surface area contributed by atoms with Gasteiger partial charge in [-0.15, -0.1) is 0 Å². The lowest BCUT2D eigenvalue weighted by Crippen LogP contribution is -2.12. The zero-order valence-corrected chi connectivity index (χ0v) is 11.3. The summed E-state index contributed by atoms with van der Waals surface area (Å²) in [4.78, 5) is 0. The molecule has 0 radical (unpaired) electrons. The van der Waals surface area contributed by atoms with E-state index in [1.54, 1.807) is 0 Å². The Hall–Kier alpha value is -0.530. The van der Waals surface area contributed by atoms with Crippen LogP contribution in [0.15, 0.2) is 12.1 Å². The summed E-state index contributed by atoms with van der Waals surface area (Å²) in [6, 6.07) is 4.31. The SMILES string of the molecule is CCCCCC(N)c1cc(C)c(Cl)cc1C. The highest BCUT2D eigenvalue weighted by Gasteiger charge is 2.10. The molecule has 90 valence electrons. The Morgan fingerprint density at radius 2 is 1.88 bits per heavy atom. The average molecular weight is 240 g/mol. The van der Waals surface area contributed by atoms with Crippen LogP contribution in [0.1, 0.15) is 55.3 Å². The van der Waals surface area contributed by atoms with Gasteiger partial charge in [0.05, 0.1) is 0 Å². The lowest BCUT2D eigenvalue weighted by Gasteiger charge is -2.16. The van der Waals surface area contributed by atoms with Crippen molar-refractivity contribution in [1.29, 1.82) is 0 Å². The molecule has 0 aliphatic rings. The number of unbranched alkanes of at least 4 members (excludes halogenated alkanes) is 2. The van der Waals surface area contributed by atoms with Gasteiger partial charge in [-0.3, -0.25) is 0 Å². The summed E-state index contributed by atoms with van der Waals surface area (Å²) in [5.74, 6) is 0. The molecule has 0 saturated heterocycles. The number of hydrogen-bond donors (Lipinski definition) is 1. The van der Waals surface area contributed by atoms with Gasteiger partial charge < -0.3 is 5.73 Å². The molecule has 1 aromatic rings. The standard InChI is InChI=1S/C14H22ClN/c1-4-5-6-7-14(16)12-8-11(3)13(15)9-10(12)2/h8-9,14H,4-7,16H2,1-3H3. The van der Waals surface area contributed by atoms with Crippen LogP contribution in [0.25, 0.3) is 0 Å². The Labute approximate surface area is 104 Å². The smallest absolute Gasteiger partial charge is 0.0438 e. The van der Waals surface area contributed by atoms with Gasteiger partial charge in [-0.05, 0) is 43.0 Å². The molecule has 0 saturated carbocycles. The van der Waals surface area contributed by atoms with Crippen LogP contribution in [0.2, 0.25) is 5.02 Å². The third-order valence-corrected chi connectivity index (χ3v) is 3.47. The Balaban J connectivity index is 2.75. The van der Waals surface area contributed by atoms with Crippen LogP contribution in [0.5, 0.6) is 0 Å². The summed E-state index contributed by atoms with van der Waals surface area (Å²) in [6.45, 7) is 6.33. The maximum absolute atomic E-state index is 6.21. The fourth-order valence-corrected chi connectivity index (χ4v) is 2.19. The molecule has 2 heteroatoms. The van der Waals surface area contributed by atoms with E-state index in [1.807, 2.05) is 13.0 Å². The number of nitrogens with two attached hydrogens (primary N) is 1. The fourth-order valence-electron chi connectivity index (χ4n) is 1.97. The van der Waals surface area contributed by atoms with Gasteiger partial charge in [0, 0.05) is 11.1 Å². The van der Waals surface area contributed by atoms with Crippen LogP contribution in [-0.4, -0.2) is 0 Å². The normalized spacial score (nSPS) is 12.8. The quantitative estimate of drug-likeness (QED) is 0.751. The van der Waals surface area contributed by atoms with Crippen LogP contribution >= 0.6 is 11.6 Å². The van der Waals surface area contributed by atoms with Gasteiger partial charge in [0.25, 0.3) is 0 Å². The molecule has 0 fully saturated rings. The van der Waals surface area contributed by atoms with Gasteiger partial charge in [0.2, 0.25) is 0 Å². The first kappa shape index (κ1) is 13.5. The first-order valence-corrected chi connectivity index (χ1v) is 6.46. The lowest BCUT2D eigenvalue weighted by molar-refractivity contribution is 0.579. The average Bonchev–Trinajstić information content (AvgIpc) is 2.23. The molecule has 0 aliphatic carbocycles. The van der Waals surface area contributed by atoms with Crippen molar-refractivity contribution in [2.45, 2.75) is 52.5 Å². The Bertz CT molecular complexity index is 347. The van der Waals surface area contributed by atoms with Crippen LogP contribution in [-0.2, 0) is 0 Å². The Morgan fingerprint density at radius 3 is 2.50 bits per heavy atom. The predicted octanol–water partition coefficient (Wildman–Crippen LogP) is 4.54. The van der Waals surface area contributed by atoms with Crippen LogP contribution in [0.3, 0.4) is 0 Å². The molecule has 2 N–H and O–H groups in total. The maximum Gasteiger partial charge on any atom is 0.0438 e. The highest BCUT2D eigenvalue weighted by Crippen LogP contribution is 2.26. The Morgan fingerprint density at radius 1 is 1.19 bits per heavy atom. The van der Waals surface area contributed by atoms with Crippen molar-refractivity contribution in [3.63, 3.8) is 0 Å². The number of aryl methyl sites for hydroxylation is 2. The van der Waals surface area contributed by atoms with E-state index in [9.17, 15) is 0 Å². The lowest BCUT2D eigenvalue weighted by atomic mass is 9.95. The molecule has 1 rings (SSSR count). The number of rotatable bonds is 5. The predicted molar refractivity (Wildman–Crippen MR) is 72.0 cm³/mol. The fraction of sp³-hybridized carbons (Fsp3) is 0.571. The molecule has 1 aromatic carbocycles. The van der Waals surface area contributed by atoms with E-state index in [0.29, 0.717) is 0 Å². The first-order chi connectivity index (χ1) is 7.56. The van der Waals surface area contributed by atoms with Gasteiger partial charge in [0.1, 0.15) is 0 Å². The maximum atomic E-state index is 6.21. The van der Waals surface area contributed by atoms with Crippen molar-refractivity contribution in [3.05, 3.63) is 33.8 Å². The van der Waals surface area contributed by atoms with Crippen molar-refractivity contribution in [1.82, 2.24) is 0 Å². The molecule has 0 bridgehead atoms. The molecular formula is C14H22ClN. The minimum atomic E-state index is 0.155. The molecule has 0 heterocycles. The van der Waals surface area contributed by atoms with E-state index in [2.05, 4.69) is 19.9 Å². The van der Waals surface area contributed by atoms with Crippen molar-refractivity contribution in [2.24, 2.45) is 5.73 Å². The van der Waals surface area contributed by atoms with Crippen LogP contribution in [0, 0.1) is 13.8 Å². The summed E-state index contributed by atoms with van der Waals surface area (Å²) >= 11 is 6.08. The van der Waals surface area contributed by atoms with E-state index in [0.717, 1.165) is 17.0 Å². The summed E-state index contributed by atoms with van der Waals surface area (Å²) < 4.78 is 0. The summed E-state index contributed by atoms with van der Waals surface area (Å²) in [6.07, 6.45) is 4.78. The zero-order valence-electron chi connectivity index (χ0n) is 10.5. The second-order valence-corrected chi connectivity index (χ2v) is 4.97. The van der Waals surface area contributed by atoms with Crippen molar-refractivity contribution < 1.29 is 0 Å². The van der Waals surface area contributed by atoms with E-state index in [1.165, 1.54) is 30.4 Å². The number of halogens is 1. The molecule has 1 unspecified atom stereocenters. The molecule has 0 aromatic heterocycles. The highest BCUT2D eigenvalue weighted by molar-refractivity contribution is 6.31. The van der Waals surface area contributed by atoms with E-state index in [-0.39, 0.29) is 6.04 Å². The van der Waals surface area contributed by atoms with Gasteiger partial charge >= 0.3 is 0 Å². The van der Waals surface area contributed by atoms with Gasteiger partial charge in [-0.25, -0.2) is 0 Å². The number of benzene rings is 1. The third-order valence-electron chi connectivity index (χ3n) is 3.07. The summed E-state index contributed by atoms with van der Waals surface area (Å²) in [5.41, 5.74) is 9.79. The highest BCUT2D eigenvalue weighted by atomic mass is 35.5. The monoisotopic (exact) mass is 239 g/mol. The summed E-state index contributed by atoms with van der Waals surface area (Å²) in [5, 5.41) is 0.835. The minimum Gasteiger partial charge on any atom is -0.324 e. The minimum absolute atomic E-state index is 0.155. The van der Waals surface area contributed by atoms with E-state index >= 15 is 0 Å². The zero-order chi connectivity index (χ0) is 12.1. The topological polar surface area (TPSA) is 26.0 Å². The van der Waals surface area contributed by atoms with E-state index < -0.39 is 0 Å².